The Hall–Kier alpha value is -1.14. The lowest BCUT2D eigenvalue weighted by atomic mass is 10.3. The number of hydrogen-bond acceptors (Lipinski definition) is 6. The van der Waals surface area contributed by atoms with E-state index >= 15 is 0 Å². The number of halogens is 1. The maximum atomic E-state index is 5.75. The minimum atomic E-state index is 0.153. The number of hydrogen-bond donors (Lipinski definition) is 1. The number of nitrogens with two attached hydrogens (primary N) is 1. The quantitative estimate of drug-likeness (QED) is 0.802. The Morgan fingerprint density at radius 2 is 1.88 bits per heavy atom. The molecule has 2 N–H and O–H groups in total. The summed E-state index contributed by atoms with van der Waals surface area (Å²) in [5, 5.41) is 0.153. The fourth-order valence-corrected chi connectivity index (χ4v) is 1.92. The fourth-order valence-electron chi connectivity index (χ4n) is 1.76. The van der Waals surface area contributed by atoms with Crippen molar-refractivity contribution in [1.29, 1.82) is 0 Å². The Morgan fingerprint density at radius 3 is 2.44 bits per heavy atom. The van der Waals surface area contributed by atoms with Gasteiger partial charge in [0.15, 0.2) is 0 Å². The average Bonchev–Trinajstić information content (AvgIpc) is 2.28. The highest BCUT2D eigenvalue weighted by Gasteiger charge is 2.18. The molecule has 0 saturated carbocycles. The van der Waals surface area contributed by atoms with Gasteiger partial charge in [0.2, 0.25) is 17.2 Å². The Kier molecular flexibility index (Phi) is 3.40. The van der Waals surface area contributed by atoms with E-state index in [0.29, 0.717) is 5.95 Å². The molecule has 1 saturated heterocycles. The topological polar surface area (TPSA) is 71.2 Å². The molecule has 1 aromatic rings. The first-order valence-electron chi connectivity index (χ1n) is 5.33. The normalized spacial score (nSPS) is 17.8. The van der Waals surface area contributed by atoms with Crippen LogP contribution in [-0.2, 0) is 0 Å². The number of likely N-dealkylation sites (N-methyl/N-ethyl adjacent to an activating group) is 1. The highest BCUT2D eigenvalue weighted by Crippen LogP contribution is 2.14. The third-order valence-electron chi connectivity index (χ3n) is 2.72. The van der Waals surface area contributed by atoms with E-state index in [9.17, 15) is 0 Å². The van der Waals surface area contributed by atoms with E-state index in [2.05, 4.69) is 31.7 Å². The minimum absolute atomic E-state index is 0.153. The van der Waals surface area contributed by atoms with Gasteiger partial charge < -0.3 is 15.5 Å². The Labute approximate surface area is 99.4 Å². The van der Waals surface area contributed by atoms with Crippen molar-refractivity contribution < 1.29 is 0 Å². The van der Waals surface area contributed by atoms with Crippen molar-refractivity contribution in [3.05, 3.63) is 5.28 Å². The summed E-state index contributed by atoms with van der Waals surface area (Å²) in [4.78, 5) is 16.4. The van der Waals surface area contributed by atoms with Crippen LogP contribution in [-0.4, -0.2) is 52.6 Å². The summed E-state index contributed by atoms with van der Waals surface area (Å²) in [7, 11) is 0. The summed E-state index contributed by atoms with van der Waals surface area (Å²) < 4.78 is 0. The molecule has 0 amide bonds. The molecular weight excluding hydrogens is 228 g/mol. The molecular formula is C9H15ClN6. The summed E-state index contributed by atoms with van der Waals surface area (Å²) in [6.45, 7) is 7.06. The standard InChI is InChI=1S/C9H15ClN6/c1-2-15-3-5-16(6-4-15)9-13-7(10)12-8(11)14-9/h2-6H2,1H3,(H2,11,12,13,14). The number of nitrogen functional groups attached to an aromatic ring is 1. The van der Waals surface area contributed by atoms with Crippen molar-refractivity contribution >= 4 is 23.5 Å². The lowest BCUT2D eigenvalue weighted by Crippen LogP contribution is -2.46. The van der Waals surface area contributed by atoms with Crippen molar-refractivity contribution in [2.75, 3.05) is 43.4 Å². The summed E-state index contributed by atoms with van der Waals surface area (Å²) in [6, 6.07) is 0. The first kappa shape index (κ1) is 11.3. The van der Waals surface area contributed by atoms with Gasteiger partial charge in [-0.1, -0.05) is 6.92 Å². The van der Waals surface area contributed by atoms with Crippen LogP contribution in [0.4, 0.5) is 11.9 Å². The molecule has 0 atom stereocenters. The predicted octanol–water partition coefficient (Wildman–Crippen LogP) is 0.249. The Balaban J connectivity index is 2.08. The number of rotatable bonds is 2. The van der Waals surface area contributed by atoms with Crippen LogP contribution < -0.4 is 10.6 Å². The second-order valence-corrected chi connectivity index (χ2v) is 4.02. The smallest absolute Gasteiger partial charge is 0.231 e. The highest BCUT2D eigenvalue weighted by atomic mass is 35.5. The Bertz CT molecular complexity index is 343. The SMILES string of the molecule is CCN1CCN(c2nc(N)nc(Cl)n2)CC1. The molecule has 1 aromatic heterocycles. The van der Waals surface area contributed by atoms with E-state index in [4.69, 9.17) is 17.3 Å². The van der Waals surface area contributed by atoms with Crippen molar-refractivity contribution in [2.45, 2.75) is 6.92 Å². The summed E-state index contributed by atoms with van der Waals surface area (Å²) >= 11 is 5.75. The van der Waals surface area contributed by atoms with Gasteiger partial charge in [-0.25, -0.2) is 0 Å². The lowest BCUT2D eigenvalue weighted by Gasteiger charge is -2.33. The van der Waals surface area contributed by atoms with Crippen LogP contribution in [0.15, 0.2) is 0 Å². The number of nitrogens with zero attached hydrogens (tertiary/aromatic N) is 5. The molecule has 0 aliphatic carbocycles. The lowest BCUT2D eigenvalue weighted by molar-refractivity contribution is 0.270. The largest absolute Gasteiger partial charge is 0.368 e. The highest BCUT2D eigenvalue weighted by molar-refractivity contribution is 6.28. The molecule has 0 radical (unpaired) electrons. The maximum absolute atomic E-state index is 5.75. The fraction of sp³-hybridized carbons (Fsp3) is 0.667. The van der Waals surface area contributed by atoms with Crippen LogP contribution in [0.25, 0.3) is 0 Å². The van der Waals surface area contributed by atoms with Crippen molar-refractivity contribution in [3.8, 4) is 0 Å². The monoisotopic (exact) mass is 242 g/mol. The van der Waals surface area contributed by atoms with Crippen molar-refractivity contribution in [2.24, 2.45) is 0 Å². The van der Waals surface area contributed by atoms with Gasteiger partial charge in [-0.3, -0.25) is 0 Å². The molecule has 0 aromatic carbocycles. The molecule has 2 heterocycles. The van der Waals surface area contributed by atoms with Gasteiger partial charge in [0.25, 0.3) is 0 Å². The number of aromatic nitrogens is 3. The molecule has 7 heteroatoms. The van der Waals surface area contributed by atoms with Crippen LogP contribution in [0.5, 0.6) is 0 Å². The van der Waals surface area contributed by atoms with Gasteiger partial charge >= 0.3 is 0 Å². The third kappa shape index (κ3) is 2.51. The first-order valence-corrected chi connectivity index (χ1v) is 5.71. The maximum Gasteiger partial charge on any atom is 0.231 e. The van der Waals surface area contributed by atoms with Crippen LogP contribution in [0.2, 0.25) is 5.28 Å². The van der Waals surface area contributed by atoms with Gasteiger partial charge in [0, 0.05) is 26.2 Å². The van der Waals surface area contributed by atoms with Gasteiger partial charge in [-0.05, 0) is 18.1 Å². The van der Waals surface area contributed by atoms with Gasteiger partial charge in [0.1, 0.15) is 0 Å². The van der Waals surface area contributed by atoms with Crippen LogP contribution in [0.1, 0.15) is 6.92 Å². The number of piperazine rings is 1. The summed E-state index contributed by atoms with van der Waals surface area (Å²) in [5.41, 5.74) is 5.54. The van der Waals surface area contributed by atoms with E-state index in [-0.39, 0.29) is 11.2 Å². The van der Waals surface area contributed by atoms with E-state index in [1.54, 1.807) is 0 Å². The first-order chi connectivity index (χ1) is 7.69. The van der Waals surface area contributed by atoms with Crippen LogP contribution in [0.3, 0.4) is 0 Å². The third-order valence-corrected chi connectivity index (χ3v) is 2.88. The van der Waals surface area contributed by atoms with Crippen molar-refractivity contribution in [3.63, 3.8) is 0 Å². The van der Waals surface area contributed by atoms with E-state index < -0.39 is 0 Å². The number of anilines is 2. The summed E-state index contributed by atoms with van der Waals surface area (Å²) in [6.07, 6.45) is 0. The molecule has 16 heavy (non-hydrogen) atoms. The van der Waals surface area contributed by atoms with Crippen LogP contribution in [0, 0.1) is 0 Å². The molecule has 1 aliphatic rings. The zero-order chi connectivity index (χ0) is 11.5. The molecule has 1 aliphatic heterocycles. The van der Waals surface area contributed by atoms with Gasteiger partial charge in [0.05, 0.1) is 0 Å². The van der Waals surface area contributed by atoms with Gasteiger partial charge in [-0.15, -0.1) is 0 Å². The zero-order valence-electron chi connectivity index (χ0n) is 9.23. The van der Waals surface area contributed by atoms with Crippen LogP contribution >= 0.6 is 11.6 Å². The molecule has 2 rings (SSSR count). The molecule has 0 unspecified atom stereocenters. The molecule has 0 spiro atoms. The van der Waals surface area contributed by atoms with Crippen molar-refractivity contribution in [1.82, 2.24) is 19.9 Å². The second-order valence-electron chi connectivity index (χ2n) is 3.68. The summed E-state index contributed by atoms with van der Waals surface area (Å²) in [5.74, 6) is 0.751. The second kappa shape index (κ2) is 4.80. The predicted molar refractivity (Wildman–Crippen MR) is 63.6 cm³/mol. The van der Waals surface area contributed by atoms with Gasteiger partial charge in [-0.2, -0.15) is 15.0 Å². The molecule has 88 valence electrons. The average molecular weight is 243 g/mol. The van der Waals surface area contributed by atoms with E-state index in [0.717, 1.165) is 32.7 Å². The molecule has 1 fully saturated rings. The van der Waals surface area contributed by atoms with E-state index in [1.807, 2.05) is 0 Å². The minimum Gasteiger partial charge on any atom is -0.368 e. The molecule has 6 nitrogen and oxygen atoms in total. The Morgan fingerprint density at radius 1 is 1.19 bits per heavy atom. The van der Waals surface area contributed by atoms with E-state index in [1.165, 1.54) is 0 Å². The zero-order valence-corrected chi connectivity index (χ0v) is 9.98. The molecule has 0 bridgehead atoms.